The highest BCUT2D eigenvalue weighted by atomic mass is 32.2. The maximum Gasteiger partial charge on any atom is 0.319 e. The average Bonchev–Trinajstić information content (AvgIpc) is 3.02. The molecule has 0 aliphatic carbocycles. The van der Waals surface area contributed by atoms with Crippen LogP contribution in [0.4, 0.5) is 0 Å². The number of carbonyl (C=O) groups is 1. The maximum absolute atomic E-state index is 13.3. The molecule has 1 aromatic heterocycles. The van der Waals surface area contributed by atoms with Crippen molar-refractivity contribution in [2.24, 2.45) is 0 Å². The van der Waals surface area contributed by atoms with Crippen LogP contribution in [0.25, 0.3) is 5.69 Å². The van der Waals surface area contributed by atoms with E-state index < -0.39 is 5.25 Å². The van der Waals surface area contributed by atoms with Crippen molar-refractivity contribution in [3.05, 3.63) is 45.9 Å². The number of aryl methyl sites for hydroxylation is 1. The van der Waals surface area contributed by atoms with Gasteiger partial charge in [0.25, 0.3) is 5.56 Å². The van der Waals surface area contributed by atoms with Gasteiger partial charge in [0.05, 0.1) is 22.9 Å². The molecule has 27 heavy (non-hydrogen) atoms. The summed E-state index contributed by atoms with van der Waals surface area (Å²) < 4.78 is 6.82. The summed E-state index contributed by atoms with van der Waals surface area (Å²) >= 11 is 2.89. The summed E-state index contributed by atoms with van der Waals surface area (Å²) in [7, 11) is 0. The molecule has 2 atom stereocenters. The van der Waals surface area contributed by atoms with Crippen LogP contribution in [-0.4, -0.2) is 32.6 Å². The maximum atomic E-state index is 13.3. The molecular formula is C20H24N2O3S2. The van der Waals surface area contributed by atoms with Crippen molar-refractivity contribution >= 4 is 29.5 Å². The van der Waals surface area contributed by atoms with E-state index in [1.807, 2.05) is 38.1 Å². The number of carbonyl (C=O) groups excluding carboxylic acids is 1. The molecule has 7 heteroatoms. The molecule has 0 amide bonds. The first-order valence-electron chi connectivity index (χ1n) is 9.17. The molecule has 0 unspecified atom stereocenters. The van der Waals surface area contributed by atoms with Gasteiger partial charge in [-0.2, -0.15) is 0 Å². The minimum absolute atomic E-state index is 0.0561. The van der Waals surface area contributed by atoms with Gasteiger partial charge in [-0.05, 0) is 32.4 Å². The first-order valence-corrected chi connectivity index (χ1v) is 10.9. The van der Waals surface area contributed by atoms with Gasteiger partial charge in [0.1, 0.15) is 5.25 Å². The minimum atomic E-state index is -0.391. The third-order valence-electron chi connectivity index (χ3n) is 4.34. The van der Waals surface area contributed by atoms with Crippen LogP contribution >= 0.6 is 23.5 Å². The Bertz CT molecular complexity index is 893. The molecule has 2 heterocycles. The summed E-state index contributed by atoms with van der Waals surface area (Å²) in [6.07, 6.45) is 1.38. The molecule has 0 radical (unpaired) electrons. The quantitative estimate of drug-likeness (QED) is 0.412. The van der Waals surface area contributed by atoms with Gasteiger partial charge in [0.15, 0.2) is 5.16 Å². The second-order valence-electron chi connectivity index (χ2n) is 6.55. The molecule has 1 aromatic carbocycles. The lowest BCUT2D eigenvalue weighted by Crippen LogP contribution is -2.26. The standard InChI is InChI=1S/C20H24N2O3S2/c1-5-16(19(24)25-6-2)27-20-21-15-11-13(4)26-17(15)18(23)22(20)14-9-7-12(3)8-10-14/h7-10,13,16H,5-6,11H2,1-4H3/t13-,16-/m0/s1. The van der Waals surface area contributed by atoms with Crippen LogP contribution < -0.4 is 5.56 Å². The van der Waals surface area contributed by atoms with Crippen molar-refractivity contribution in [1.82, 2.24) is 9.55 Å². The highest BCUT2D eigenvalue weighted by Crippen LogP contribution is 2.36. The zero-order valence-corrected chi connectivity index (χ0v) is 17.7. The Morgan fingerprint density at radius 1 is 1.37 bits per heavy atom. The lowest BCUT2D eigenvalue weighted by atomic mass is 10.2. The SMILES string of the molecule is CCOC(=O)[C@H](CC)Sc1nc2c(c(=O)n1-c1ccc(C)cc1)S[C@@H](C)C2. The number of thioether (sulfide) groups is 2. The second kappa shape index (κ2) is 8.52. The summed E-state index contributed by atoms with van der Waals surface area (Å²) in [5.41, 5.74) is 2.67. The van der Waals surface area contributed by atoms with Crippen LogP contribution in [0.1, 0.15) is 38.4 Å². The Morgan fingerprint density at radius 2 is 2.07 bits per heavy atom. The van der Waals surface area contributed by atoms with Crippen LogP contribution in [0.5, 0.6) is 0 Å². The molecule has 0 N–H and O–H groups in total. The van der Waals surface area contributed by atoms with Crippen LogP contribution in [0.3, 0.4) is 0 Å². The van der Waals surface area contributed by atoms with Gasteiger partial charge in [-0.15, -0.1) is 11.8 Å². The van der Waals surface area contributed by atoms with E-state index in [2.05, 4.69) is 6.92 Å². The molecule has 144 valence electrons. The fourth-order valence-corrected chi connectivity index (χ4v) is 5.10. The first kappa shape index (κ1) is 20.0. The summed E-state index contributed by atoms with van der Waals surface area (Å²) in [4.78, 5) is 31.0. The number of hydrogen-bond donors (Lipinski definition) is 0. The monoisotopic (exact) mass is 404 g/mol. The fraction of sp³-hybridized carbons (Fsp3) is 0.450. The van der Waals surface area contributed by atoms with E-state index in [1.165, 1.54) is 11.8 Å². The molecule has 2 aromatic rings. The number of benzene rings is 1. The van der Waals surface area contributed by atoms with Gasteiger partial charge >= 0.3 is 5.97 Å². The molecule has 0 saturated carbocycles. The van der Waals surface area contributed by atoms with E-state index >= 15 is 0 Å². The normalized spacial score (nSPS) is 16.8. The van der Waals surface area contributed by atoms with E-state index in [0.717, 1.165) is 28.3 Å². The third-order valence-corrected chi connectivity index (χ3v) is 6.85. The van der Waals surface area contributed by atoms with E-state index in [-0.39, 0.29) is 11.5 Å². The summed E-state index contributed by atoms with van der Waals surface area (Å²) in [6, 6.07) is 7.79. The van der Waals surface area contributed by atoms with Gasteiger partial charge in [0, 0.05) is 11.7 Å². The minimum Gasteiger partial charge on any atom is -0.465 e. The van der Waals surface area contributed by atoms with Crippen molar-refractivity contribution in [2.45, 2.75) is 61.1 Å². The molecule has 5 nitrogen and oxygen atoms in total. The number of fused-ring (bicyclic) bond motifs is 1. The molecule has 0 spiro atoms. The molecule has 3 rings (SSSR count). The second-order valence-corrected chi connectivity index (χ2v) is 9.16. The first-order chi connectivity index (χ1) is 12.9. The largest absolute Gasteiger partial charge is 0.465 e. The number of hydrogen-bond acceptors (Lipinski definition) is 6. The summed E-state index contributed by atoms with van der Waals surface area (Å²) in [6.45, 7) is 8.18. The molecule has 1 aliphatic heterocycles. The van der Waals surface area contributed by atoms with Gasteiger partial charge in [-0.25, -0.2) is 4.98 Å². The summed E-state index contributed by atoms with van der Waals surface area (Å²) in [5, 5.41) is 0.495. The van der Waals surface area contributed by atoms with Gasteiger partial charge < -0.3 is 4.74 Å². The van der Waals surface area contributed by atoms with E-state index in [4.69, 9.17) is 9.72 Å². The van der Waals surface area contributed by atoms with E-state index in [0.29, 0.717) is 23.4 Å². The van der Waals surface area contributed by atoms with Crippen molar-refractivity contribution in [3.63, 3.8) is 0 Å². The van der Waals surface area contributed by atoms with Gasteiger partial charge in [-0.3, -0.25) is 14.2 Å². The number of rotatable bonds is 6. The zero-order valence-electron chi connectivity index (χ0n) is 16.0. The molecule has 0 fully saturated rings. The predicted molar refractivity (Wildman–Crippen MR) is 110 cm³/mol. The molecular weight excluding hydrogens is 380 g/mol. The topological polar surface area (TPSA) is 61.2 Å². The van der Waals surface area contributed by atoms with Crippen LogP contribution in [0.2, 0.25) is 0 Å². The van der Waals surface area contributed by atoms with Gasteiger partial charge in [-0.1, -0.05) is 43.3 Å². The predicted octanol–water partition coefficient (Wildman–Crippen LogP) is 4.01. The van der Waals surface area contributed by atoms with E-state index in [9.17, 15) is 9.59 Å². The highest BCUT2D eigenvalue weighted by Gasteiger charge is 2.29. The number of aromatic nitrogens is 2. The van der Waals surface area contributed by atoms with Crippen molar-refractivity contribution < 1.29 is 9.53 Å². The van der Waals surface area contributed by atoms with Gasteiger partial charge in [0.2, 0.25) is 0 Å². The Labute approximate surface area is 167 Å². The smallest absolute Gasteiger partial charge is 0.319 e. The lowest BCUT2D eigenvalue weighted by molar-refractivity contribution is -0.142. The van der Waals surface area contributed by atoms with Crippen molar-refractivity contribution in [1.29, 1.82) is 0 Å². The van der Waals surface area contributed by atoms with Crippen LogP contribution in [0.15, 0.2) is 39.1 Å². The Kier molecular flexibility index (Phi) is 6.32. The fourth-order valence-electron chi connectivity index (χ4n) is 2.96. The van der Waals surface area contributed by atoms with Crippen molar-refractivity contribution in [3.8, 4) is 5.69 Å². The number of nitrogens with zero attached hydrogens (tertiary/aromatic N) is 2. The Balaban J connectivity index is 2.10. The third kappa shape index (κ3) is 4.24. The van der Waals surface area contributed by atoms with Crippen LogP contribution in [0, 0.1) is 6.92 Å². The molecule has 0 bridgehead atoms. The lowest BCUT2D eigenvalue weighted by Gasteiger charge is -2.17. The number of esters is 1. The average molecular weight is 405 g/mol. The summed E-state index contributed by atoms with van der Waals surface area (Å²) in [5.74, 6) is -0.266. The Hall–Kier alpha value is -1.73. The molecule has 1 aliphatic rings. The van der Waals surface area contributed by atoms with E-state index in [1.54, 1.807) is 23.3 Å². The number of ether oxygens (including phenoxy) is 1. The zero-order chi connectivity index (χ0) is 19.6. The highest BCUT2D eigenvalue weighted by molar-refractivity contribution is 8.00. The molecule has 0 saturated heterocycles. The van der Waals surface area contributed by atoms with Crippen molar-refractivity contribution in [2.75, 3.05) is 6.61 Å². The Morgan fingerprint density at radius 3 is 2.70 bits per heavy atom. The van der Waals surface area contributed by atoms with Crippen LogP contribution in [-0.2, 0) is 16.0 Å².